The van der Waals surface area contributed by atoms with Crippen molar-refractivity contribution in [1.29, 1.82) is 0 Å². The number of phenols is 1. The fraction of sp³-hybridized carbons (Fsp3) is 0.308. The zero-order chi connectivity index (χ0) is 15.1. The number of halogens is 1. The van der Waals surface area contributed by atoms with E-state index in [2.05, 4.69) is 10.0 Å². The van der Waals surface area contributed by atoms with Crippen molar-refractivity contribution in [2.24, 2.45) is 0 Å². The van der Waals surface area contributed by atoms with Gasteiger partial charge in [-0.1, -0.05) is 6.08 Å². The van der Waals surface area contributed by atoms with Gasteiger partial charge in [0.05, 0.1) is 0 Å². The third-order valence-electron chi connectivity index (χ3n) is 3.44. The summed E-state index contributed by atoms with van der Waals surface area (Å²) in [6, 6.07) is 2.96. The zero-order valence-electron chi connectivity index (χ0n) is 11.2. The van der Waals surface area contributed by atoms with Crippen LogP contribution in [0.4, 0.5) is 10.1 Å². The molecule has 0 spiro atoms. The Labute approximate surface area is 123 Å². The summed E-state index contributed by atoms with van der Waals surface area (Å²) in [4.78, 5) is 11.3. The van der Waals surface area contributed by atoms with Crippen LogP contribution in [0.2, 0.25) is 0 Å². The van der Waals surface area contributed by atoms with Crippen molar-refractivity contribution in [1.82, 2.24) is 10.0 Å². The lowest BCUT2D eigenvalue weighted by Crippen LogP contribution is -2.24. The number of carbonyl (C=O) groups excluding carboxylic acids is 1. The molecule has 6 nitrogen and oxygen atoms in total. The summed E-state index contributed by atoms with van der Waals surface area (Å²) in [5, 5.41) is 13.0. The Bertz CT molecular complexity index is 677. The average Bonchev–Trinajstić information content (AvgIpc) is 2.96. The molecule has 1 amide bonds. The van der Waals surface area contributed by atoms with Gasteiger partial charge >= 0.3 is 0 Å². The summed E-state index contributed by atoms with van der Waals surface area (Å²) < 4.78 is 29.7. The number of nitrogens with zero attached hydrogens (tertiary/aromatic N) is 1. The predicted molar refractivity (Wildman–Crippen MR) is 77.1 cm³/mol. The van der Waals surface area contributed by atoms with E-state index in [9.17, 15) is 18.5 Å². The maximum atomic E-state index is 14.7. The molecule has 1 fully saturated rings. The van der Waals surface area contributed by atoms with Crippen molar-refractivity contribution in [3.05, 3.63) is 29.6 Å². The Morgan fingerprint density at radius 3 is 2.81 bits per heavy atom. The molecule has 1 aromatic rings. The van der Waals surface area contributed by atoms with Crippen molar-refractivity contribution >= 4 is 28.3 Å². The number of benzene rings is 1. The van der Waals surface area contributed by atoms with Gasteiger partial charge in [-0.2, -0.15) is 0 Å². The van der Waals surface area contributed by atoms with Crippen LogP contribution in [0, 0.1) is 5.82 Å². The minimum absolute atomic E-state index is 0.140. The van der Waals surface area contributed by atoms with Crippen LogP contribution >= 0.6 is 0 Å². The molecular weight excluding hydrogens is 297 g/mol. The fourth-order valence-corrected chi connectivity index (χ4v) is 3.39. The molecule has 2 aliphatic heterocycles. The maximum absolute atomic E-state index is 14.7. The fourth-order valence-electron chi connectivity index (χ4n) is 2.45. The molecule has 8 heteroatoms. The van der Waals surface area contributed by atoms with Crippen molar-refractivity contribution in [3.8, 4) is 5.75 Å². The summed E-state index contributed by atoms with van der Waals surface area (Å²) in [6.07, 6.45) is 1.89. The number of aromatic hydroxyl groups is 1. The minimum atomic E-state index is -1.88. The third kappa shape index (κ3) is 2.40. The summed E-state index contributed by atoms with van der Waals surface area (Å²) in [7, 11) is 0. The second-order valence-corrected chi connectivity index (χ2v) is 6.11. The molecule has 2 heterocycles. The smallest absolute Gasteiger partial charge is 0.253 e. The largest absolute Gasteiger partial charge is 0.506 e. The number of phenolic OH excluding ortho intramolecular Hbond substituents is 1. The van der Waals surface area contributed by atoms with Gasteiger partial charge in [-0.15, -0.1) is 0 Å². The van der Waals surface area contributed by atoms with Gasteiger partial charge in [0.2, 0.25) is 11.2 Å². The van der Waals surface area contributed by atoms with E-state index in [0.29, 0.717) is 12.1 Å². The highest BCUT2D eigenvalue weighted by atomic mass is 32.2. The van der Waals surface area contributed by atoms with Gasteiger partial charge in [0.15, 0.2) is 5.82 Å². The minimum Gasteiger partial charge on any atom is -0.506 e. The summed E-state index contributed by atoms with van der Waals surface area (Å²) in [6.45, 7) is 2.21. The lowest BCUT2D eigenvalue weighted by Gasteiger charge is -2.18. The topological polar surface area (TPSA) is 81.7 Å². The van der Waals surface area contributed by atoms with E-state index < -0.39 is 22.9 Å². The molecule has 2 atom stereocenters. The Morgan fingerprint density at radius 2 is 2.24 bits per heavy atom. The van der Waals surface area contributed by atoms with Crippen LogP contribution < -0.4 is 14.3 Å². The Kier molecular flexibility index (Phi) is 3.42. The molecular formula is C13H14FN3O3S. The van der Waals surface area contributed by atoms with Crippen LogP contribution in [0.1, 0.15) is 12.5 Å². The molecule has 0 aromatic heterocycles. The van der Waals surface area contributed by atoms with Gasteiger partial charge in [-0.05, 0) is 24.6 Å². The lowest BCUT2D eigenvalue weighted by molar-refractivity contribution is -0.117. The van der Waals surface area contributed by atoms with E-state index >= 15 is 0 Å². The molecule has 112 valence electrons. The third-order valence-corrected chi connectivity index (χ3v) is 4.56. The number of hydrogen-bond acceptors (Lipinski definition) is 4. The standard InChI is InChI=1S/C13H14FN3O3S/c1-7-4-8(5-15-7)9-2-3-10(18)13(12(9)14)17-6-11(19)16-21(17)20/h2-4,7,15,18H,5-6H2,1H3,(H,16,19). The van der Waals surface area contributed by atoms with E-state index in [4.69, 9.17) is 0 Å². The van der Waals surface area contributed by atoms with E-state index in [1.54, 1.807) is 0 Å². The normalized spacial score (nSPS) is 25.1. The SMILES string of the molecule is CC1C=C(c2ccc(O)c(N3CC(=O)NS3=O)c2F)CN1. The average molecular weight is 311 g/mol. The number of anilines is 1. The van der Waals surface area contributed by atoms with E-state index in [1.165, 1.54) is 12.1 Å². The number of rotatable bonds is 2. The molecule has 0 radical (unpaired) electrons. The van der Waals surface area contributed by atoms with Crippen LogP contribution in [0.15, 0.2) is 18.2 Å². The Morgan fingerprint density at radius 1 is 1.48 bits per heavy atom. The molecule has 0 aliphatic carbocycles. The van der Waals surface area contributed by atoms with Gasteiger partial charge in [0.1, 0.15) is 18.0 Å². The summed E-state index contributed by atoms with van der Waals surface area (Å²) in [5.41, 5.74) is 0.881. The first-order chi connectivity index (χ1) is 9.97. The van der Waals surface area contributed by atoms with Crippen LogP contribution in [-0.4, -0.2) is 34.4 Å². The zero-order valence-corrected chi connectivity index (χ0v) is 12.0. The number of carbonyl (C=O) groups is 1. The van der Waals surface area contributed by atoms with Crippen LogP contribution in [0.25, 0.3) is 5.57 Å². The van der Waals surface area contributed by atoms with E-state index in [0.717, 1.165) is 9.88 Å². The second-order valence-electron chi connectivity index (χ2n) is 4.97. The molecule has 3 N–H and O–H groups in total. The first-order valence-electron chi connectivity index (χ1n) is 6.42. The summed E-state index contributed by atoms with van der Waals surface area (Å²) in [5.74, 6) is -1.50. The molecule has 1 saturated heterocycles. The molecule has 21 heavy (non-hydrogen) atoms. The maximum Gasteiger partial charge on any atom is 0.253 e. The predicted octanol–water partition coefficient (Wildman–Crippen LogP) is 0.421. The second kappa shape index (κ2) is 5.12. The van der Waals surface area contributed by atoms with Crippen molar-refractivity contribution in [3.63, 3.8) is 0 Å². The van der Waals surface area contributed by atoms with Crippen molar-refractivity contribution in [2.75, 3.05) is 17.4 Å². The van der Waals surface area contributed by atoms with E-state index in [1.807, 2.05) is 13.0 Å². The molecule has 3 rings (SSSR count). The van der Waals surface area contributed by atoms with Gasteiger partial charge in [0, 0.05) is 18.2 Å². The van der Waals surface area contributed by atoms with Gasteiger partial charge in [0.25, 0.3) is 5.91 Å². The highest BCUT2D eigenvalue weighted by molar-refractivity contribution is 7.85. The van der Waals surface area contributed by atoms with Gasteiger partial charge in [-0.3, -0.25) is 13.8 Å². The number of amides is 1. The lowest BCUT2D eigenvalue weighted by atomic mass is 10.0. The molecule has 2 unspecified atom stereocenters. The Hall–Kier alpha value is -1.93. The monoisotopic (exact) mass is 311 g/mol. The van der Waals surface area contributed by atoms with Crippen molar-refractivity contribution in [2.45, 2.75) is 13.0 Å². The van der Waals surface area contributed by atoms with Crippen LogP contribution in [0.3, 0.4) is 0 Å². The van der Waals surface area contributed by atoms with Crippen LogP contribution in [0.5, 0.6) is 5.75 Å². The highest BCUT2D eigenvalue weighted by Crippen LogP contribution is 2.37. The van der Waals surface area contributed by atoms with Gasteiger partial charge < -0.3 is 10.4 Å². The molecule has 0 bridgehead atoms. The first-order valence-corrected chi connectivity index (χ1v) is 7.53. The molecule has 1 aromatic carbocycles. The molecule has 2 aliphatic rings. The number of hydrogen-bond donors (Lipinski definition) is 3. The van der Waals surface area contributed by atoms with Crippen LogP contribution in [-0.2, 0) is 16.0 Å². The molecule has 0 saturated carbocycles. The quantitative estimate of drug-likeness (QED) is 0.739. The van der Waals surface area contributed by atoms with Crippen molar-refractivity contribution < 1.29 is 18.5 Å². The van der Waals surface area contributed by atoms with E-state index in [-0.39, 0.29) is 24.0 Å². The Balaban J connectivity index is 2.07. The summed E-state index contributed by atoms with van der Waals surface area (Å²) >= 11 is -1.88. The first kappa shape index (κ1) is 14.0. The van der Waals surface area contributed by atoms with Gasteiger partial charge in [-0.25, -0.2) is 8.60 Å². The highest BCUT2D eigenvalue weighted by Gasteiger charge is 2.32. The number of nitrogens with one attached hydrogen (secondary N) is 2.